The van der Waals surface area contributed by atoms with Gasteiger partial charge < -0.3 is 10.1 Å². The van der Waals surface area contributed by atoms with Gasteiger partial charge in [-0.1, -0.05) is 45.0 Å². The number of nitrogens with one attached hydrogen (secondary N) is 1. The number of rotatable bonds is 7. The van der Waals surface area contributed by atoms with Crippen LogP contribution in [-0.4, -0.2) is 17.6 Å². The minimum absolute atomic E-state index is 0.501. The van der Waals surface area contributed by atoms with Crippen molar-refractivity contribution in [2.24, 2.45) is 0 Å². The lowest BCUT2D eigenvalue weighted by Gasteiger charge is -2.09. The number of benzene rings is 1. The largest absolute Gasteiger partial charge is 0.492 e. The maximum absolute atomic E-state index is 5.63. The number of ether oxygens (including phenoxy) is 1. The molecule has 0 bridgehead atoms. The van der Waals surface area contributed by atoms with E-state index in [2.05, 4.69) is 55.3 Å². The number of hydrogen-bond donors (Lipinski definition) is 1. The van der Waals surface area contributed by atoms with Crippen molar-refractivity contribution in [3.8, 4) is 16.9 Å². The summed E-state index contributed by atoms with van der Waals surface area (Å²) in [4.78, 5) is 4.26. The van der Waals surface area contributed by atoms with Gasteiger partial charge in [0.2, 0.25) is 0 Å². The molecule has 1 aromatic heterocycles. The maximum Gasteiger partial charge on any atom is 0.138 e. The first-order valence-corrected chi connectivity index (χ1v) is 7.59. The van der Waals surface area contributed by atoms with E-state index < -0.39 is 0 Å². The molecule has 21 heavy (non-hydrogen) atoms. The molecule has 0 aliphatic carbocycles. The normalized spacial score (nSPS) is 10.9. The van der Waals surface area contributed by atoms with Crippen molar-refractivity contribution in [2.75, 3.05) is 6.61 Å². The first-order valence-electron chi connectivity index (χ1n) is 7.59. The third-order valence-corrected chi connectivity index (χ3v) is 3.19. The second kappa shape index (κ2) is 7.79. The van der Waals surface area contributed by atoms with Gasteiger partial charge in [0.05, 0.1) is 12.8 Å². The number of aromatic nitrogens is 1. The van der Waals surface area contributed by atoms with Gasteiger partial charge in [0.1, 0.15) is 5.75 Å². The Labute approximate surface area is 127 Å². The summed E-state index contributed by atoms with van der Waals surface area (Å²) in [7, 11) is 0. The Bertz CT molecular complexity index is 549. The zero-order valence-electron chi connectivity index (χ0n) is 13.1. The van der Waals surface area contributed by atoms with E-state index in [-0.39, 0.29) is 0 Å². The van der Waals surface area contributed by atoms with Crippen LogP contribution in [0.3, 0.4) is 0 Å². The zero-order chi connectivity index (χ0) is 15.1. The summed E-state index contributed by atoms with van der Waals surface area (Å²) in [5.41, 5.74) is 3.54. The van der Waals surface area contributed by atoms with E-state index in [1.54, 1.807) is 6.20 Å². The molecule has 0 saturated carbocycles. The monoisotopic (exact) mass is 284 g/mol. The highest BCUT2D eigenvalue weighted by Gasteiger charge is 2.02. The van der Waals surface area contributed by atoms with Crippen molar-refractivity contribution in [3.63, 3.8) is 0 Å². The van der Waals surface area contributed by atoms with Crippen molar-refractivity contribution < 1.29 is 4.74 Å². The summed E-state index contributed by atoms with van der Waals surface area (Å²) < 4.78 is 5.63. The molecule has 0 spiro atoms. The molecule has 112 valence electrons. The molecule has 0 amide bonds. The van der Waals surface area contributed by atoms with Crippen LogP contribution in [0, 0.1) is 0 Å². The molecule has 0 unspecified atom stereocenters. The van der Waals surface area contributed by atoms with Crippen LogP contribution in [0.5, 0.6) is 5.75 Å². The van der Waals surface area contributed by atoms with Crippen molar-refractivity contribution in [1.82, 2.24) is 10.3 Å². The van der Waals surface area contributed by atoms with E-state index in [1.807, 2.05) is 12.3 Å². The maximum atomic E-state index is 5.63. The average molecular weight is 284 g/mol. The van der Waals surface area contributed by atoms with Gasteiger partial charge in [-0.25, -0.2) is 0 Å². The molecular formula is C18H24N2O. The summed E-state index contributed by atoms with van der Waals surface area (Å²) in [5.74, 6) is 0.833. The van der Waals surface area contributed by atoms with Crippen LogP contribution in [0.2, 0.25) is 0 Å². The summed E-state index contributed by atoms with van der Waals surface area (Å²) in [5, 5.41) is 3.42. The molecule has 1 aromatic carbocycles. The van der Waals surface area contributed by atoms with E-state index >= 15 is 0 Å². The smallest absolute Gasteiger partial charge is 0.138 e. The second-order valence-electron chi connectivity index (χ2n) is 5.49. The number of pyridine rings is 1. The molecule has 0 radical (unpaired) electrons. The first kappa shape index (κ1) is 15.5. The Balaban J connectivity index is 2.07. The predicted octanol–water partition coefficient (Wildman–Crippen LogP) is 4.04. The van der Waals surface area contributed by atoms with E-state index in [9.17, 15) is 0 Å². The Morgan fingerprint density at radius 1 is 1.10 bits per heavy atom. The second-order valence-corrected chi connectivity index (χ2v) is 5.49. The van der Waals surface area contributed by atoms with Crippen LogP contribution in [0.4, 0.5) is 0 Å². The third kappa shape index (κ3) is 4.87. The number of hydrogen-bond acceptors (Lipinski definition) is 3. The van der Waals surface area contributed by atoms with Crippen molar-refractivity contribution >= 4 is 0 Å². The van der Waals surface area contributed by atoms with Gasteiger partial charge in [0, 0.05) is 24.3 Å². The molecule has 0 aliphatic heterocycles. The molecule has 2 rings (SSSR count). The Kier molecular flexibility index (Phi) is 5.76. The van der Waals surface area contributed by atoms with Crippen LogP contribution in [-0.2, 0) is 6.54 Å². The highest BCUT2D eigenvalue weighted by Crippen LogP contribution is 2.23. The summed E-state index contributed by atoms with van der Waals surface area (Å²) >= 11 is 0. The first-order chi connectivity index (χ1) is 10.2. The number of nitrogens with zero attached hydrogens (tertiary/aromatic N) is 1. The average Bonchev–Trinajstić information content (AvgIpc) is 2.51. The van der Waals surface area contributed by atoms with Crippen molar-refractivity contribution in [1.29, 1.82) is 0 Å². The molecular weight excluding hydrogens is 260 g/mol. The van der Waals surface area contributed by atoms with Crippen LogP contribution in [0.1, 0.15) is 32.8 Å². The minimum atomic E-state index is 0.501. The van der Waals surface area contributed by atoms with Gasteiger partial charge in [-0.15, -0.1) is 0 Å². The summed E-state index contributed by atoms with van der Waals surface area (Å²) in [6, 6.07) is 11.1. The molecule has 0 fully saturated rings. The Morgan fingerprint density at radius 2 is 1.86 bits per heavy atom. The lowest BCUT2D eigenvalue weighted by molar-refractivity contribution is 0.316. The molecule has 1 heterocycles. The minimum Gasteiger partial charge on any atom is -0.492 e. The third-order valence-electron chi connectivity index (χ3n) is 3.19. The summed E-state index contributed by atoms with van der Waals surface area (Å²) in [6.45, 7) is 8.03. The molecule has 2 aromatic rings. The Hall–Kier alpha value is -1.87. The van der Waals surface area contributed by atoms with Gasteiger partial charge >= 0.3 is 0 Å². The van der Waals surface area contributed by atoms with Gasteiger partial charge in [-0.2, -0.15) is 0 Å². The van der Waals surface area contributed by atoms with Gasteiger partial charge in [-0.05, 0) is 23.6 Å². The van der Waals surface area contributed by atoms with E-state index in [1.165, 1.54) is 5.56 Å². The highest BCUT2D eigenvalue weighted by molar-refractivity contribution is 5.64. The predicted molar refractivity (Wildman–Crippen MR) is 87.4 cm³/mol. The fourth-order valence-electron chi connectivity index (χ4n) is 2.01. The fourth-order valence-corrected chi connectivity index (χ4v) is 2.01. The standard InChI is InChI=1S/C18H24N2O/c1-4-9-21-18-10-17(12-19-13-18)16-7-5-15(6-8-16)11-20-14(2)3/h5-8,10,12-14,20H,4,9,11H2,1-3H3. The molecule has 3 heteroatoms. The van der Waals surface area contributed by atoms with Crippen LogP contribution in [0.25, 0.3) is 11.1 Å². The van der Waals surface area contributed by atoms with Crippen LogP contribution >= 0.6 is 0 Å². The molecule has 0 atom stereocenters. The van der Waals surface area contributed by atoms with Crippen molar-refractivity contribution in [3.05, 3.63) is 48.3 Å². The molecule has 0 saturated heterocycles. The van der Waals surface area contributed by atoms with Crippen LogP contribution in [0.15, 0.2) is 42.7 Å². The topological polar surface area (TPSA) is 34.1 Å². The SMILES string of the molecule is CCCOc1cncc(-c2ccc(CNC(C)C)cc2)c1. The van der Waals surface area contributed by atoms with E-state index in [0.29, 0.717) is 6.04 Å². The van der Waals surface area contributed by atoms with E-state index in [0.717, 1.165) is 36.4 Å². The van der Waals surface area contributed by atoms with Gasteiger partial charge in [0.25, 0.3) is 0 Å². The van der Waals surface area contributed by atoms with Crippen molar-refractivity contribution in [2.45, 2.75) is 39.8 Å². The summed E-state index contributed by atoms with van der Waals surface area (Å²) in [6.07, 6.45) is 4.64. The zero-order valence-corrected chi connectivity index (χ0v) is 13.1. The highest BCUT2D eigenvalue weighted by atomic mass is 16.5. The molecule has 0 aliphatic rings. The van der Waals surface area contributed by atoms with Gasteiger partial charge in [-0.3, -0.25) is 4.98 Å². The lowest BCUT2D eigenvalue weighted by Crippen LogP contribution is -2.21. The lowest BCUT2D eigenvalue weighted by atomic mass is 10.1. The quantitative estimate of drug-likeness (QED) is 0.833. The fraction of sp³-hybridized carbons (Fsp3) is 0.389. The van der Waals surface area contributed by atoms with Gasteiger partial charge in [0.15, 0.2) is 0 Å². The molecule has 3 nitrogen and oxygen atoms in total. The van der Waals surface area contributed by atoms with Crippen LogP contribution < -0.4 is 10.1 Å². The molecule has 1 N–H and O–H groups in total. The Morgan fingerprint density at radius 3 is 2.52 bits per heavy atom. The van der Waals surface area contributed by atoms with E-state index in [4.69, 9.17) is 4.74 Å².